The zero-order valence-corrected chi connectivity index (χ0v) is 17.4. The number of hydrogen-bond donors (Lipinski definition) is 2. The fourth-order valence-corrected chi connectivity index (χ4v) is 2.90. The number of amides is 2. The van der Waals surface area contributed by atoms with Gasteiger partial charge in [-0.25, -0.2) is 4.79 Å². The molecule has 31 heavy (non-hydrogen) atoms. The summed E-state index contributed by atoms with van der Waals surface area (Å²) in [5.74, 6) is -1.12. The van der Waals surface area contributed by atoms with Gasteiger partial charge in [-0.15, -0.1) is 0 Å². The van der Waals surface area contributed by atoms with E-state index in [1.165, 1.54) is 24.0 Å². The van der Waals surface area contributed by atoms with Gasteiger partial charge in [0.25, 0.3) is 11.8 Å². The minimum atomic E-state index is -0.724. The van der Waals surface area contributed by atoms with E-state index in [2.05, 4.69) is 24.5 Å². The molecule has 0 spiro atoms. The van der Waals surface area contributed by atoms with Gasteiger partial charge in [0.1, 0.15) is 0 Å². The Morgan fingerprint density at radius 2 is 1.71 bits per heavy atom. The molecule has 0 saturated carbocycles. The molecule has 1 atom stereocenters. The number of ether oxygens (including phenoxy) is 1. The Kier molecular flexibility index (Phi) is 7.22. The third-order valence-corrected chi connectivity index (χ3v) is 4.85. The van der Waals surface area contributed by atoms with Gasteiger partial charge in [-0.05, 0) is 54.3 Å². The van der Waals surface area contributed by atoms with Crippen LogP contribution in [0.1, 0.15) is 52.7 Å². The van der Waals surface area contributed by atoms with Gasteiger partial charge in [0.05, 0.1) is 17.5 Å². The molecule has 0 unspecified atom stereocenters. The summed E-state index contributed by atoms with van der Waals surface area (Å²) in [6.45, 7) is 3.81. The molecule has 1 aromatic heterocycles. The van der Waals surface area contributed by atoms with Gasteiger partial charge in [0.15, 0.2) is 12.4 Å². The molecule has 0 aliphatic rings. The number of esters is 1. The first-order valence-corrected chi connectivity index (χ1v) is 9.98. The van der Waals surface area contributed by atoms with Gasteiger partial charge < -0.3 is 19.8 Å². The van der Waals surface area contributed by atoms with Crippen molar-refractivity contribution in [2.24, 2.45) is 0 Å². The summed E-state index contributed by atoms with van der Waals surface area (Å²) in [7, 11) is 0. The fraction of sp³-hybridized carbons (Fsp3) is 0.208. The third kappa shape index (κ3) is 5.82. The minimum Gasteiger partial charge on any atom is -0.459 e. The van der Waals surface area contributed by atoms with E-state index >= 15 is 0 Å². The van der Waals surface area contributed by atoms with Crippen LogP contribution in [0.2, 0.25) is 0 Å². The van der Waals surface area contributed by atoms with Crippen LogP contribution < -0.4 is 10.6 Å². The number of nitrogens with one attached hydrogen (secondary N) is 2. The van der Waals surface area contributed by atoms with Crippen LogP contribution in [-0.2, 0) is 9.53 Å². The molecule has 0 fully saturated rings. The molecular weight excluding hydrogens is 396 g/mol. The molecular formula is C24H24N2O5. The molecule has 3 rings (SSSR count). The predicted molar refractivity (Wildman–Crippen MR) is 117 cm³/mol. The van der Waals surface area contributed by atoms with Gasteiger partial charge in [0, 0.05) is 5.69 Å². The van der Waals surface area contributed by atoms with E-state index in [1.807, 2.05) is 24.3 Å². The Hall–Kier alpha value is -3.87. The van der Waals surface area contributed by atoms with E-state index in [9.17, 15) is 14.4 Å². The zero-order chi connectivity index (χ0) is 22.2. The van der Waals surface area contributed by atoms with E-state index in [0.717, 1.165) is 6.42 Å². The van der Waals surface area contributed by atoms with Crippen molar-refractivity contribution in [2.45, 2.75) is 26.2 Å². The van der Waals surface area contributed by atoms with E-state index in [0.29, 0.717) is 11.6 Å². The first-order valence-electron chi connectivity index (χ1n) is 9.98. The van der Waals surface area contributed by atoms with Crippen molar-refractivity contribution < 1.29 is 23.5 Å². The monoisotopic (exact) mass is 420 g/mol. The quantitative estimate of drug-likeness (QED) is 0.508. The van der Waals surface area contributed by atoms with E-state index < -0.39 is 24.4 Å². The molecule has 2 N–H and O–H groups in total. The lowest BCUT2D eigenvalue weighted by molar-refractivity contribution is -0.119. The average molecular weight is 420 g/mol. The van der Waals surface area contributed by atoms with Crippen LogP contribution in [0.3, 0.4) is 0 Å². The van der Waals surface area contributed by atoms with Gasteiger partial charge in [-0.3, -0.25) is 9.59 Å². The van der Waals surface area contributed by atoms with Crippen LogP contribution in [0.15, 0.2) is 71.3 Å². The summed E-state index contributed by atoms with van der Waals surface area (Å²) in [6.07, 6.45) is 2.41. The summed E-state index contributed by atoms with van der Waals surface area (Å²) in [5.41, 5.74) is 2.21. The predicted octanol–water partition coefficient (Wildman–Crippen LogP) is 4.84. The van der Waals surface area contributed by atoms with Crippen LogP contribution in [0.5, 0.6) is 0 Å². The molecule has 2 aromatic carbocycles. The smallest absolute Gasteiger partial charge is 0.340 e. The van der Waals surface area contributed by atoms with E-state index in [-0.39, 0.29) is 17.0 Å². The lowest BCUT2D eigenvalue weighted by Gasteiger charge is -2.12. The first kappa shape index (κ1) is 21.8. The second kappa shape index (κ2) is 10.2. The average Bonchev–Trinajstić information content (AvgIpc) is 3.33. The van der Waals surface area contributed by atoms with Crippen molar-refractivity contribution in [2.75, 3.05) is 17.2 Å². The normalized spacial score (nSPS) is 11.4. The maximum Gasteiger partial charge on any atom is 0.340 e. The molecule has 0 radical (unpaired) electrons. The van der Waals surface area contributed by atoms with Gasteiger partial charge in [-0.1, -0.05) is 38.1 Å². The zero-order valence-electron chi connectivity index (χ0n) is 17.4. The second-order valence-electron chi connectivity index (χ2n) is 7.03. The van der Waals surface area contributed by atoms with Crippen LogP contribution in [0, 0.1) is 0 Å². The van der Waals surface area contributed by atoms with E-state index in [4.69, 9.17) is 9.15 Å². The summed E-state index contributed by atoms with van der Waals surface area (Å²) in [6, 6.07) is 17.1. The number of carbonyl (C=O) groups is 3. The molecule has 160 valence electrons. The largest absolute Gasteiger partial charge is 0.459 e. The van der Waals surface area contributed by atoms with Crippen molar-refractivity contribution in [1.29, 1.82) is 0 Å². The Morgan fingerprint density at radius 3 is 2.39 bits per heavy atom. The third-order valence-electron chi connectivity index (χ3n) is 4.85. The highest BCUT2D eigenvalue weighted by molar-refractivity contribution is 6.07. The number of rotatable bonds is 8. The number of carbonyl (C=O) groups excluding carboxylic acids is 3. The van der Waals surface area contributed by atoms with Gasteiger partial charge in [0.2, 0.25) is 0 Å². The van der Waals surface area contributed by atoms with Gasteiger partial charge in [-0.2, -0.15) is 0 Å². The molecule has 2 amide bonds. The van der Waals surface area contributed by atoms with Crippen LogP contribution in [0.4, 0.5) is 11.4 Å². The topological polar surface area (TPSA) is 97.6 Å². The standard InChI is InChI=1S/C24H24N2O5/c1-3-16(2)17-10-12-18(13-11-17)25-22(27)15-31-24(29)19-7-4-5-8-20(19)26-23(28)21-9-6-14-30-21/h4-14,16H,3,15H2,1-2H3,(H,25,27)(H,26,28)/t16-/m0/s1. The number of hydrogen-bond acceptors (Lipinski definition) is 5. The summed E-state index contributed by atoms with van der Waals surface area (Å²) in [5, 5.41) is 5.31. The highest BCUT2D eigenvalue weighted by atomic mass is 16.5. The molecule has 0 saturated heterocycles. The van der Waals surface area contributed by atoms with Gasteiger partial charge >= 0.3 is 5.97 Å². The highest BCUT2D eigenvalue weighted by Crippen LogP contribution is 2.21. The Morgan fingerprint density at radius 1 is 0.968 bits per heavy atom. The molecule has 0 aliphatic heterocycles. The van der Waals surface area contributed by atoms with Crippen molar-refractivity contribution in [3.63, 3.8) is 0 Å². The molecule has 7 nitrogen and oxygen atoms in total. The summed E-state index contributed by atoms with van der Waals surface area (Å²) in [4.78, 5) is 36.8. The summed E-state index contributed by atoms with van der Waals surface area (Å²) < 4.78 is 10.2. The van der Waals surface area contributed by atoms with Crippen molar-refractivity contribution in [3.05, 3.63) is 83.8 Å². The van der Waals surface area contributed by atoms with Crippen molar-refractivity contribution in [3.8, 4) is 0 Å². The molecule has 0 bridgehead atoms. The van der Waals surface area contributed by atoms with Crippen LogP contribution in [0.25, 0.3) is 0 Å². The maximum atomic E-state index is 12.5. The SMILES string of the molecule is CC[C@H](C)c1ccc(NC(=O)COC(=O)c2ccccc2NC(=O)c2ccco2)cc1. The number of benzene rings is 2. The number of furan rings is 1. The second-order valence-corrected chi connectivity index (χ2v) is 7.03. The number of para-hydroxylation sites is 1. The Balaban J connectivity index is 1.57. The first-order chi connectivity index (χ1) is 15.0. The Labute approximate surface area is 180 Å². The Bertz CT molecular complexity index is 1040. The molecule has 1 heterocycles. The fourth-order valence-electron chi connectivity index (χ4n) is 2.90. The highest BCUT2D eigenvalue weighted by Gasteiger charge is 2.17. The van der Waals surface area contributed by atoms with E-state index in [1.54, 1.807) is 24.3 Å². The minimum absolute atomic E-state index is 0.113. The van der Waals surface area contributed by atoms with Crippen LogP contribution in [-0.4, -0.2) is 24.4 Å². The summed E-state index contributed by atoms with van der Waals surface area (Å²) >= 11 is 0. The molecule has 3 aromatic rings. The number of anilines is 2. The maximum absolute atomic E-state index is 12.5. The lowest BCUT2D eigenvalue weighted by Crippen LogP contribution is -2.22. The van der Waals surface area contributed by atoms with Crippen LogP contribution >= 0.6 is 0 Å². The molecule has 7 heteroatoms. The lowest BCUT2D eigenvalue weighted by atomic mass is 9.99. The van der Waals surface area contributed by atoms with Crippen molar-refractivity contribution in [1.82, 2.24) is 0 Å². The van der Waals surface area contributed by atoms with Crippen molar-refractivity contribution >= 4 is 29.2 Å². The molecule has 0 aliphatic carbocycles.